The van der Waals surface area contributed by atoms with E-state index in [2.05, 4.69) is 26.1 Å². The van der Waals surface area contributed by atoms with Crippen molar-refractivity contribution in [2.45, 2.75) is 52.0 Å². The summed E-state index contributed by atoms with van der Waals surface area (Å²) in [5, 5.41) is 13.3. The van der Waals surface area contributed by atoms with Crippen LogP contribution in [0.3, 0.4) is 0 Å². The predicted octanol–water partition coefficient (Wildman–Crippen LogP) is 2.19. The Kier molecular flexibility index (Phi) is 5.42. The second-order valence-corrected chi connectivity index (χ2v) is 6.57. The van der Waals surface area contributed by atoms with Gasteiger partial charge in [0, 0.05) is 19.3 Å². The SMILES string of the molecule is COCCCNC1(CO)CC(C)CC(C)(C)C1. The van der Waals surface area contributed by atoms with Crippen molar-refractivity contribution in [3.63, 3.8) is 0 Å². The maximum Gasteiger partial charge on any atom is 0.0613 e. The van der Waals surface area contributed by atoms with Gasteiger partial charge in [0.25, 0.3) is 0 Å². The van der Waals surface area contributed by atoms with Crippen molar-refractivity contribution in [2.24, 2.45) is 11.3 Å². The summed E-state index contributed by atoms with van der Waals surface area (Å²) in [6.45, 7) is 8.87. The number of ether oxygens (including phenoxy) is 1. The summed E-state index contributed by atoms with van der Waals surface area (Å²) in [4.78, 5) is 0. The average molecular weight is 243 g/mol. The second-order valence-electron chi connectivity index (χ2n) is 6.57. The third-order valence-electron chi connectivity index (χ3n) is 3.79. The highest BCUT2D eigenvalue weighted by Crippen LogP contribution is 2.43. The molecule has 1 rings (SSSR count). The van der Waals surface area contributed by atoms with Gasteiger partial charge in [0.05, 0.1) is 6.61 Å². The van der Waals surface area contributed by atoms with Crippen molar-refractivity contribution >= 4 is 0 Å². The lowest BCUT2D eigenvalue weighted by molar-refractivity contribution is 0.0352. The highest BCUT2D eigenvalue weighted by molar-refractivity contribution is 4.98. The van der Waals surface area contributed by atoms with Crippen molar-refractivity contribution in [3.05, 3.63) is 0 Å². The van der Waals surface area contributed by atoms with E-state index < -0.39 is 0 Å². The Hall–Kier alpha value is -0.120. The van der Waals surface area contributed by atoms with Crippen LogP contribution < -0.4 is 5.32 Å². The molecule has 0 aromatic carbocycles. The molecule has 0 radical (unpaired) electrons. The summed E-state index contributed by atoms with van der Waals surface area (Å²) in [7, 11) is 1.73. The van der Waals surface area contributed by atoms with Gasteiger partial charge in [-0.3, -0.25) is 0 Å². The van der Waals surface area contributed by atoms with Gasteiger partial charge in [-0.25, -0.2) is 0 Å². The highest BCUT2D eigenvalue weighted by Gasteiger charge is 2.41. The van der Waals surface area contributed by atoms with E-state index in [1.54, 1.807) is 7.11 Å². The first kappa shape index (κ1) is 14.9. The van der Waals surface area contributed by atoms with Gasteiger partial charge in [-0.1, -0.05) is 20.8 Å². The number of hydrogen-bond acceptors (Lipinski definition) is 3. The Morgan fingerprint density at radius 2 is 2.06 bits per heavy atom. The number of aliphatic hydroxyl groups is 1. The molecule has 0 heterocycles. The molecule has 1 fully saturated rings. The Morgan fingerprint density at radius 3 is 2.59 bits per heavy atom. The molecule has 17 heavy (non-hydrogen) atoms. The van der Waals surface area contributed by atoms with E-state index in [1.807, 2.05) is 0 Å². The van der Waals surface area contributed by atoms with Gasteiger partial charge in [0.1, 0.15) is 0 Å². The third-order valence-corrected chi connectivity index (χ3v) is 3.79. The molecule has 0 bridgehead atoms. The van der Waals surface area contributed by atoms with Crippen molar-refractivity contribution < 1.29 is 9.84 Å². The Bertz CT molecular complexity index is 230. The Morgan fingerprint density at radius 1 is 1.35 bits per heavy atom. The lowest BCUT2D eigenvalue weighted by Crippen LogP contribution is -2.55. The van der Waals surface area contributed by atoms with Crippen LogP contribution in [-0.2, 0) is 4.74 Å². The zero-order valence-corrected chi connectivity index (χ0v) is 11.9. The van der Waals surface area contributed by atoms with Crippen LogP contribution in [0.5, 0.6) is 0 Å². The maximum absolute atomic E-state index is 9.75. The molecule has 0 aromatic heterocycles. The zero-order chi connectivity index (χ0) is 12.9. The molecule has 0 aromatic rings. The molecule has 3 nitrogen and oxygen atoms in total. The highest BCUT2D eigenvalue weighted by atomic mass is 16.5. The van der Waals surface area contributed by atoms with Crippen molar-refractivity contribution in [2.75, 3.05) is 26.9 Å². The normalized spacial score (nSPS) is 32.6. The van der Waals surface area contributed by atoms with Crippen LogP contribution in [0, 0.1) is 11.3 Å². The molecule has 0 aliphatic heterocycles. The molecule has 102 valence electrons. The van der Waals surface area contributed by atoms with Crippen molar-refractivity contribution in [3.8, 4) is 0 Å². The van der Waals surface area contributed by atoms with Gasteiger partial charge in [-0.15, -0.1) is 0 Å². The van der Waals surface area contributed by atoms with Gasteiger partial charge in [-0.2, -0.15) is 0 Å². The van der Waals surface area contributed by atoms with E-state index in [1.165, 1.54) is 6.42 Å². The summed E-state index contributed by atoms with van der Waals surface area (Å²) in [5.41, 5.74) is 0.254. The van der Waals surface area contributed by atoms with Gasteiger partial charge in [0.15, 0.2) is 0 Å². The van der Waals surface area contributed by atoms with Crippen LogP contribution in [0.4, 0.5) is 0 Å². The number of rotatable bonds is 6. The summed E-state index contributed by atoms with van der Waals surface area (Å²) >= 11 is 0. The predicted molar refractivity (Wildman–Crippen MR) is 71.1 cm³/mol. The molecule has 1 saturated carbocycles. The third kappa shape index (κ3) is 4.57. The summed E-state index contributed by atoms with van der Waals surface area (Å²) in [6.07, 6.45) is 4.41. The number of hydrogen-bond donors (Lipinski definition) is 2. The smallest absolute Gasteiger partial charge is 0.0613 e. The van der Waals surface area contributed by atoms with Gasteiger partial charge >= 0.3 is 0 Å². The van der Waals surface area contributed by atoms with Crippen LogP contribution in [-0.4, -0.2) is 37.5 Å². The Labute approximate surface area is 106 Å². The minimum Gasteiger partial charge on any atom is -0.394 e. The van der Waals surface area contributed by atoms with E-state index in [-0.39, 0.29) is 12.1 Å². The minimum absolute atomic E-state index is 0.0745. The maximum atomic E-state index is 9.75. The minimum atomic E-state index is -0.0745. The van der Waals surface area contributed by atoms with Gasteiger partial charge < -0.3 is 15.2 Å². The topological polar surface area (TPSA) is 41.5 Å². The summed E-state index contributed by atoms with van der Waals surface area (Å²) < 4.78 is 5.06. The fourth-order valence-electron chi connectivity index (χ4n) is 3.62. The monoisotopic (exact) mass is 243 g/mol. The first-order valence-corrected chi connectivity index (χ1v) is 6.78. The average Bonchev–Trinajstić information content (AvgIpc) is 2.22. The molecule has 3 heteroatoms. The number of aliphatic hydroxyl groups excluding tert-OH is 1. The van der Waals surface area contributed by atoms with Crippen molar-refractivity contribution in [1.29, 1.82) is 0 Å². The van der Waals surface area contributed by atoms with Crippen LogP contribution in [0.25, 0.3) is 0 Å². The van der Waals surface area contributed by atoms with Crippen molar-refractivity contribution in [1.82, 2.24) is 5.32 Å². The largest absolute Gasteiger partial charge is 0.394 e. The van der Waals surface area contributed by atoms with Crippen LogP contribution >= 0.6 is 0 Å². The first-order valence-electron chi connectivity index (χ1n) is 6.78. The van der Waals surface area contributed by atoms with E-state index in [0.29, 0.717) is 11.3 Å². The summed E-state index contributed by atoms with van der Waals surface area (Å²) in [5.74, 6) is 0.681. The molecule has 1 aliphatic rings. The Balaban J connectivity index is 2.54. The molecule has 0 amide bonds. The zero-order valence-electron chi connectivity index (χ0n) is 11.9. The number of methoxy groups -OCH3 is 1. The summed E-state index contributed by atoms with van der Waals surface area (Å²) in [6, 6.07) is 0. The number of nitrogens with one attached hydrogen (secondary N) is 1. The fourth-order valence-corrected chi connectivity index (χ4v) is 3.62. The van der Waals surface area contributed by atoms with Crippen LogP contribution in [0.2, 0.25) is 0 Å². The van der Waals surface area contributed by atoms with E-state index >= 15 is 0 Å². The van der Waals surface area contributed by atoms with Crippen LogP contribution in [0.1, 0.15) is 46.5 Å². The lowest BCUT2D eigenvalue weighted by Gasteiger charge is -2.47. The molecule has 2 unspecified atom stereocenters. The fraction of sp³-hybridized carbons (Fsp3) is 1.00. The van der Waals surface area contributed by atoms with Crippen LogP contribution in [0.15, 0.2) is 0 Å². The molecular formula is C14H29NO2. The molecule has 2 N–H and O–H groups in total. The van der Waals surface area contributed by atoms with E-state index in [4.69, 9.17) is 4.74 Å². The van der Waals surface area contributed by atoms with Gasteiger partial charge in [0.2, 0.25) is 0 Å². The molecular weight excluding hydrogens is 214 g/mol. The molecule has 0 spiro atoms. The first-order chi connectivity index (χ1) is 7.93. The van der Waals surface area contributed by atoms with E-state index in [9.17, 15) is 5.11 Å². The molecule has 1 aliphatic carbocycles. The standard InChI is InChI=1S/C14H29NO2/c1-12-8-13(2,3)10-14(9-12,11-16)15-6-5-7-17-4/h12,15-16H,5-11H2,1-4H3. The lowest BCUT2D eigenvalue weighted by atomic mass is 9.64. The van der Waals surface area contributed by atoms with E-state index in [0.717, 1.165) is 32.4 Å². The van der Waals surface area contributed by atoms with Gasteiger partial charge in [-0.05, 0) is 43.6 Å². The molecule has 2 atom stereocenters. The second kappa shape index (κ2) is 6.17. The quantitative estimate of drug-likeness (QED) is 0.703. The molecule has 0 saturated heterocycles.